The number of nitrogens with one attached hydrogen (secondary N) is 1. The monoisotopic (exact) mass is 252 g/mol. The second-order valence-electron chi connectivity index (χ2n) is 4.30. The minimum absolute atomic E-state index is 0.292. The average molecular weight is 252 g/mol. The van der Waals surface area contributed by atoms with Crippen molar-refractivity contribution in [1.82, 2.24) is 5.43 Å². The van der Waals surface area contributed by atoms with E-state index in [1.807, 2.05) is 30.3 Å². The quantitative estimate of drug-likeness (QED) is 0.760. The maximum atomic E-state index is 10.3. The summed E-state index contributed by atoms with van der Waals surface area (Å²) in [6.45, 7) is 0. The number of benzene rings is 1. The van der Waals surface area contributed by atoms with Gasteiger partial charge in [-0.1, -0.05) is 24.1 Å². The molecule has 0 amide bonds. The smallest absolute Gasteiger partial charge is 0.220 e. The molecule has 19 heavy (non-hydrogen) atoms. The first-order valence-corrected chi connectivity index (χ1v) is 5.93. The third-order valence-electron chi connectivity index (χ3n) is 2.79. The van der Waals surface area contributed by atoms with Crippen LogP contribution in [0, 0.1) is 11.8 Å². The van der Waals surface area contributed by atoms with E-state index < -0.39 is 5.72 Å². The Morgan fingerprint density at radius 2 is 2.05 bits per heavy atom. The van der Waals surface area contributed by atoms with Crippen LogP contribution in [-0.4, -0.2) is 16.5 Å². The van der Waals surface area contributed by atoms with Gasteiger partial charge in [0.1, 0.15) is 11.5 Å². The molecule has 1 aliphatic rings. The van der Waals surface area contributed by atoms with Gasteiger partial charge in [-0.3, -0.25) is 5.43 Å². The van der Waals surface area contributed by atoms with E-state index in [0.717, 1.165) is 5.56 Å². The van der Waals surface area contributed by atoms with E-state index in [-0.39, 0.29) is 0 Å². The van der Waals surface area contributed by atoms with Crippen LogP contribution >= 0.6 is 0 Å². The van der Waals surface area contributed by atoms with Crippen LogP contribution < -0.4 is 5.43 Å². The molecular formula is C15H12N2O2. The standard InChI is InChI=1S/C15H12N2O2/c18-15(9-8-12-5-2-1-3-6-12)11-13(16-17-15)14-7-4-10-19-14/h1-7,10,17-18H,11H2. The molecular weight excluding hydrogens is 240 g/mol. The molecule has 0 saturated carbocycles. The summed E-state index contributed by atoms with van der Waals surface area (Å²) in [4.78, 5) is 0. The fourth-order valence-corrected chi connectivity index (χ4v) is 1.84. The third kappa shape index (κ3) is 2.51. The van der Waals surface area contributed by atoms with Crippen molar-refractivity contribution in [2.24, 2.45) is 5.10 Å². The fraction of sp³-hybridized carbons (Fsp3) is 0.133. The van der Waals surface area contributed by atoms with Crippen LogP contribution in [0.1, 0.15) is 17.7 Å². The summed E-state index contributed by atoms with van der Waals surface area (Å²) in [5, 5.41) is 14.3. The van der Waals surface area contributed by atoms with Crippen LogP contribution in [0.4, 0.5) is 0 Å². The lowest BCUT2D eigenvalue weighted by Crippen LogP contribution is -2.37. The number of hydrogen-bond acceptors (Lipinski definition) is 4. The number of aliphatic hydroxyl groups is 1. The maximum absolute atomic E-state index is 10.3. The molecule has 1 aromatic carbocycles. The minimum Gasteiger partial charge on any atom is -0.463 e. The largest absolute Gasteiger partial charge is 0.463 e. The van der Waals surface area contributed by atoms with Crippen molar-refractivity contribution in [1.29, 1.82) is 0 Å². The van der Waals surface area contributed by atoms with Crippen LogP contribution in [0.2, 0.25) is 0 Å². The number of hydrogen-bond donors (Lipinski definition) is 2. The van der Waals surface area contributed by atoms with Crippen molar-refractivity contribution in [2.45, 2.75) is 12.1 Å². The van der Waals surface area contributed by atoms with E-state index in [1.165, 1.54) is 0 Å². The summed E-state index contributed by atoms with van der Waals surface area (Å²) in [5.41, 5.74) is 2.83. The van der Waals surface area contributed by atoms with E-state index >= 15 is 0 Å². The first-order valence-electron chi connectivity index (χ1n) is 5.93. The summed E-state index contributed by atoms with van der Waals surface area (Å²) >= 11 is 0. The molecule has 0 aliphatic carbocycles. The number of hydrazone groups is 1. The first kappa shape index (κ1) is 11.6. The molecule has 4 nitrogen and oxygen atoms in total. The van der Waals surface area contributed by atoms with Crippen molar-refractivity contribution < 1.29 is 9.52 Å². The fourth-order valence-electron chi connectivity index (χ4n) is 1.84. The lowest BCUT2D eigenvalue weighted by atomic mass is 10.1. The summed E-state index contributed by atoms with van der Waals surface area (Å²) in [6.07, 6.45) is 1.87. The van der Waals surface area contributed by atoms with Gasteiger partial charge in [-0.15, -0.1) is 0 Å². The van der Waals surface area contributed by atoms with Crippen molar-refractivity contribution in [3.8, 4) is 11.8 Å². The summed E-state index contributed by atoms with van der Waals surface area (Å²) in [6, 6.07) is 13.1. The number of furan rings is 1. The Balaban J connectivity index is 1.76. The molecule has 4 heteroatoms. The zero-order valence-electron chi connectivity index (χ0n) is 10.1. The molecule has 0 saturated heterocycles. The molecule has 0 bridgehead atoms. The molecule has 0 radical (unpaired) electrons. The summed E-state index contributed by atoms with van der Waals surface area (Å²) < 4.78 is 5.24. The molecule has 0 fully saturated rings. The van der Waals surface area contributed by atoms with E-state index in [2.05, 4.69) is 22.4 Å². The summed E-state index contributed by atoms with van der Waals surface area (Å²) in [7, 11) is 0. The Morgan fingerprint density at radius 3 is 2.79 bits per heavy atom. The Hall–Kier alpha value is -2.51. The van der Waals surface area contributed by atoms with Gasteiger partial charge in [0.25, 0.3) is 0 Å². The highest BCUT2D eigenvalue weighted by atomic mass is 16.3. The van der Waals surface area contributed by atoms with Crippen LogP contribution in [0.5, 0.6) is 0 Å². The Morgan fingerprint density at radius 1 is 1.21 bits per heavy atom. The number of nitrogens with zero attached hydrogens (tertiary/aromatic N) is 1. The van der Waals surface area contributed by atoms with Gasteiger partial charge in [-0.05, 0) is 30.2 Å². The van der Waals surface area contributed by atoms with E-state index in [9.17, 15) is 5.11 Å². The zero-order valence-corrected chi connectivity index (χ0v) is 10.1. The van der Waals surface area contributed by atoms with E-state index in [4.69, 9.17) is 4.42 Å². The van der Waals surface area contributed by atoms with E-state index in [0.29, 0.717) is 17.9 Å². The lowest BCUT2D eigenvalue weighted by molar-refractivity contribution is 0.0841. The van der Waals surface area contributed by atoms with Gasteiger partial charge < -0.3 is 9.52 Å². The van der Waals surface area contributed by atoms with Crippen molar-refractivity contribution in [2.75, 3.05) is 0 Å². The van der Waals surface area contributed by atoms with Gasteiger partial charge in [0.15, 0.2) is 0 Å². The second kappa shape index (κ2) is 4.63. The van der Waals surface area contributed by atoms with Gasteiger partial charge in [0, 0.05) is 5.56 Å². The Kier molecular flexibility index (Phi) is 2.82. The van der Waals surface area contributed by atoms with Gasteiger partial charge >= 0.3 is 0 Å². The Bertz CT molecular complexity index is 650. The van der Waals surface area contributed by atoms with Crippen molar-refractivity contribution in [3.05, 3.63) is 60.1 Å². The SMILES string of the molecule is OC1(C#Cc2ccccc2)CC(c2ccco2)=NN1. The molecule has 1 unspecified atom stereocenters. The second-order valence-corrected chi connectivity index (χ2v) is 4.30. The topological polar surface area (TPSA) is 57.8 Å². The molecule has 1 atom stereocenters. The summed E-state index contributed by atoms with van der Waals surface area (Å²) in [5.74, 6) is 6.37. The van der Waals surface area contributed by atoms with Crippen LogP contribution in [-0.2, 0) is 0 Å². The third-order valence-corrected chi connectivity index (χ3v) is 2.79. The molecule has 0 spiro atoms. The molecule has 2 aromatic rings. The average Bonchev–Trinajstić information content (AvgIpc) is 3.08. The Labute approximate surface area is 110 Å². The molecule has 2 heterocycles. The highest BCUT2D eigenvalue weighted by molar-refractivity contribution is 6.00. The molecule has 1 aliphatic heterocycles. The lowest BCUT2D eigenvalue weighted by Gasteiger charge is -2.13. The first-order chi connectivity index (χ1) is 9.25. The van der Waals surface area contributed by atoms with Crippen LogP contribution in [0.15, 0.2) is 58.2 Å². The minimum atomic E-state index is -1.34. The van der Waals surface area contributed by atoms with Gasteiger partial charge in [-0.25, -0.2) is 0 Å². The molecule has 2 N–H and O–H groups in total. The van der Waals surface area contributed by atoms with Gasteiger partial charge in [0.2, 0.25) is 5.72 Å². The molecule has 94 valence electrons. The van der Waals surface area contributed by atoms with Crippen molar-refractivity contribution in [3.63, 3.8) is 0 Å². The zero-order chi connectivity index (χ0) is 13.1. The number of rotatable bonds is 1. The van der Waals surface area contributed by atoms with Crippen LogP contribution in [0.25, 0.3) is 0 Å². The van der Waals surface area contributed by atoms with Gasteiger partial charge in [-0.2, -0.15) is 5.10 Å². The van der Waals surface area contributed by atoms with Crippen LogP contribution in [0.3, 0.4) is 0 Å². The maximum Gasteiger partial charge on any atom is 0.220 e. The predicted molar refractivity (Wildman–Crippen MR) is 71.3 cm³/mol. The highest BCUT2D eigenvalue weighted by Gasteiger charge is 2.33. The highest BCUT2D eigenvalue weighted by Crippen LogP contribution is 2.18. The van der Waals surface area contributed by atoms with Crippen molar-refractivity contribution >= 4 is 5.71 Å². The normalized spacial score (nSPS) is 21.2. The van der Waals surface area contributed by atoms with Gasteiger partial charge in [0.05, 0.1) is 12.7 Å². The molecule has 1 aromatic heterocycles. The predicted octanol–water partition coefficient (Wildman–Crippen LogP) is 1.72. The van der Waals surface area contributed by atoms with E-state index in [1.54, 1.807) is 18.4 Å². The molecule has 3 rings (SSSR count).